The fourth-order valence-electron chi connectivity index (χ4n) is 3.05. The van der Waals surface area contributed by atoms with Crippen LogP contribution in [0.2, 0.25) is 0 Å². The van der Waals surface area contributed by atoms with Gasteiger partial charge in [-0.2, -0.15) is 0 Å². The van der Waals surface area contributed by atoms with Gasteiger partial charge in [0.15, 0.2) is 0 Å². The maximum absolute atomic E-state index is 12.7. The zero-order chi connectivity index (χ0) is 19.4. The summed E-state index contributed by atoms with van der Waals surface area (Å²) in [6.07, 6.45) is 1.96. The van der Waals surface area contributed by atoms with Gasteiger partial charge in [-0.3, -0.25) is 9.52 Å². The van der Waals surface area contributed by atoms with E-state index in [0.29, 0.717) is 17.8 Å². The van der Waals surface area contributed by atoms with E-state index in [1.54, 1.807) is 18.2 Å². The van der Waals surface area contributed by atoms with Gasteiger partial charge in [0, 0.05) is 18.7 Å². The van der Waals surface area contributed by atoms with Gasteiger partial charge in [0.1, 0.15) is 0 Å². The number of nitrogens with one attached hydrogen (secondary N) is 2. The molecule has 0 spiro atoms. The van der Waals surface area contributed by atoms with Crippen LogP contribution in [0.3, 0.4) is 0 Å². The van der Waals surface area contributed by atoms with Crippen LogP contribution in [-0.4, -0.2) is 33.6 Å². The summed E-state index contributed by atoms with van der Waals surface area (Å²) in [6.45, 7) is 4.94. The number of hydrogen-bond acceptors (Lipinski definition) is 4. The van der Waals surface area contributed by atoms with Gasteiger partial charge in [0.05, 0.1) is 16.7 Å². The molecule has 27 heavy (non-hydrogen) atoms. The molecule has 1 saturated heterocycles. The predicted molar refractivity (Wildman–Crippen MR) is 104 cm³/mol. The minimum atomic E-state index is -3.79. The second-order valence-corrected chi connectivity index (χ2v) is 8.48. The molecule has 0 bridgehead atoms. The lowest BCUT2D eigenvalue weighted by molar-refractivity contribution is 0.0857. The lowest BCUT2D eigenvalue weighted by Gasteiger charge is -2.13. The average molecular weight is 388 g/mol. The fourth-order valence-corrected chi connectivity index (χ4v) is 4.23. The van der Waals surface area contributed by atoms with Crippen molar-refractivity contribution in [2.24, 2.45) is 0 Å². The number of carbonyl (C=O) groups is 1. The van der Waals surface area contributed by atoms with Crippen molar-refractivity contribution >= 4 is 21.6 Å². The molecular weight excluding hydrogens is 364 g/mol. The predicted octanol–water partition coefficient (Wildman–Crippen LogP) is 3.01. The summed E-state index contributed by atoms with van der Waals surface area (Å²) in [5.74, 6) is -0.311. The summed E-state index contributed by atoms with van der Waals surface area (Å²) in [6, 6.07) is 11.5. The summed E-state index contributed by atoms with van der Waals surface area (Å²) < 4.78 is 33.5. The maximum Gasteiger partial charge on any atom is 0.261 e. The highest BCUT2D eigenvalue weighted by Crippen LogP contribution is 2.21. The lowest BCUT2D eigenvalue weighted by Crippen LogP contribution is -2.31. The summed E-state index contributed by atoms with van der Waals surface area (Å²) in [7, 11) is -3.79. The van der Waals surface area contributed by atoms with Gasteiger partial charge < -0.3 is 10.1 Å². The van der Waals surface area contributed by atoms with Crippen molar-refractivity contribution in [1.82, 2.24) is 5.32 Å². The van der Waals surface area contributed by atoms with Gasteiger partial charge >= 0.3 is 0 Å². The SMILES string of the molecule is Cc1ccc(NS(=O)(=O)c2cccc(C(=O)NCC3CCCO3)c2)c(C)c1. The Morgan fingerprint density at radius 1 is 1.19 bits per heavy atom. The van der Waals surface area contributed by atoms with Crippen LogP contribution in [0.5, 0.6) is 0 Å². The number of benzene rings is 2. The van der Waals surface area contributed by atoms with Crippen LogP contribution >= 0.6 is 0 Å². The number of amides is 1. The van der Waals surface area contributed by atoms with Crippen LogP contribution in [0.25, 0.3) is 0 Å². The summed E-state index contributed by atoms with van der Waals surface area (Å²) in [5, 5.41) is 2.81. The van der Waals surface area contributed by atoms with Gasteiger partial charge in [-0.1, -0.05) is 23.8 Å². The molecule has 0 radical (unpaired) electrons. The van der Waals surface area contributed by atoms with Crippen LogP contribution in [0.4, 0.5) is 5.69 Å². The molecule has 1 aliphatic heterocycles. The number of anilines is 1. The first-order valence-electron chi connectivity index (χ1n) is 8.95. The number of sulfonamides is 1. The number of rotatable bonds is 6. The molecule has 2 aromatic rings. The van der Waals surface area contributed by atoms with E-state index in [2.05, 4.69) is 10.0 Å². The molecule has 0 saturated carbocycles. The van der Waals surface area contributed by atoms with Crippen LogP contribution in [0.1, 0.15) is 34.3 Å². The minimum Gasteiger partial charge on any atom is -0.376 e. The van der Waals surface area contributed by atoms with Gasteiger partial charge in [0.2, 0.25) is 0 Å². The molecule has 1 heterocycles. The fraction of sp³-hybridized carbons (Fsp3) is 0.350. The van der Waals surface area contributed by atoms with Crippen molar-refractivity contribution in [2.45, 2.75) is 37.7 Å². The standard InChI is InChI=1S/C20H24N2O4S/c1-14-8-9-19(15(2)11-14)22-27(24,25)18-7-3-5-16(12-18)20(23)21-13-17-6-4-10-26-17/h3,5,7-9,11-12,17,22H,4,6,10,13H2,1-2H3,(H,21,23). The third-order valence-electron chi connectivity index (χ3n) is 4.55. The van der Waals surface area contributed by atoms with Crippen molar-refractivity contribution in [1.29, 1.82) is 0 Å². The Bertz CT molecular complexity index is 935. The second kappa shape index (κ2) is 8.10. The van der Waals surface area contributed by atoms with E-state index < -0.39 is 10.0 Å². The minimum absolute atomic E-state index is 0.0343. The zero-order valence-corrected chi connectivity index (χ0v) is 16.3. The molecule has 144 valence electrons. The van der Waals surface area contributed by atoms with Crippen LogP contribution in [-0.2, 0) is 14.8 Å². The molecule has 0 aromatic heterocycles. The first-order chi connectivity index (χ1) is 12.8. The Hall–Kier alpha value is -2.38. The molecule has 2 aromatic carbocycles. The second-order valence-electron chi connectivity index (χ2n) is 6.80. The molecule has 3 rings (SSSR count). The van der Waals surface area contributed by atoms with Crippen LogP contribution in [0.15, 0.2) is 47.4 Å². The van der Waals surface area contributed by atoms with Gasteiger partial charge in [-0.25, -0.2) is 8.42 Å². The summed E-state index contributed by atoms with van der Waals surface area (Å²) in [4.78, 5) is 12.4. The van der Waals surface area contributed by atoms with Crippen molar-refractivity contribution in [3.05, 3.63) is 59.2 Å². The topological polar surface area (TPSA) is 84.5 Å². The smallest absolute Gasteiger partial charge is 0.261 e. The first kappa shape index (κ1) is 19.4. The van der Waals surface area contributed by atoms with Crippen LogP contribution in [0, 0.1) is 13.8 Å². The molecule has 1 aliphatic rings. The van der Waals surface area contributed by atoms with Crippen molar-refractivity contribution in [3.8, 4) is 0 Å². The third kappa shape index (κ3) is 4.87. The largest absolute Gasteiger partial charge is 0.376 e. The normalized spacial score (nSPS) is 16.9. The molecular formula is C20H24N2O4S. The van der Waals surface area contributed by atoms with Crippen molar-refractivity contribution < 1.29 is 17.9 Å². The Balaban J connectivity index is 1.73. The molecule has 1 atom stereocenters. The highest BCUT2D eigenvalue weighted by atomic mass is 32.2. The van der Waals surface area contributed by atoms with E-state index in [9.17, 15) is 13.2 Å². The summed E-state index contributed by atoms with van der Waals surface area (Å²) >= 11 is 0. The van der Waals surface area contributed by atoms with Gasteiger partial charge in [-0.15, -0.1) is 0 Å². The lowest BCUT2D eigenvalue weighted by atomic mass is 10.1. The third-order valence-corrected chi connectivity index (χ3v) is 5.91. The quantitative estimate of drug-likeness (QED) is 0.797. The zero-order valence-electron chi connectivity index (χ0n) is 15.5. The highest BCUT2D eigenvalue weighted by Gasteiger charge is 2.19. The molecule has 0 aliphatic carbocycles. The first-order valence-corrected chi connectivity index (χ1v) is 10.4. The Labute approximate surface area is 160 Å². The number of ether oxygens (including phenoxy) is 1. The van der Waals surface area contributed by atoms with E-state index in [0.717, 1.165) is 30.6 Å². The maximum atomic E-state index is 12.7. The average Bonchev–Trinajstić information content (AvgIpc) is 3.16. The number of carbonyl (C=O) groups excluding carboxylic acids is 1. The molecule has 1 amide bonds. The molecule has 2 N–H and O–H groups in total. The molecule has 7 heteroatoms. The van der Waals surface area contributed by atoms with Crippen molar-refractivity contribution in [3.63, 3.8) is 0 Å². The van der Waals surface area contributed by atoms with Gasteiger partial charge in [0.25, 0.3) is 15.9 Å². The van der Waals surface area contributed by atoms with Crippen molar-refractivity contribution in [2.75, 3.05) is 17.9 Å². The van der Waals surface area contributed by atoms with E-state index in [4.69, 9.17) is 4.74 Å². The van der Waals surface area contributed by atoms with E-state index in [1.165, 1.54) is 12.1 Å². The summed E-state index contributed by atoms with van der Waals surface area (Å²) in [5.41, 5.74) is 2.72. The van der Waals surface area contributed by atoms with E-state index >= 15 is 0 Å². The Kier molecular flexibility index (Phi) is 5.82. The molecule has 1 fully saturated rings. The van der Waals surface area contributed by atoms with Gasteiger partial charge in [-0.05, 0) is 56.5 Å². The number of hydrogen-bond donors (Lipinski definition) is 2. The van der Waals surface area contributed by atoms with E-state index in [1.807, 2.05) is 26.0 Å². The number of aryl methyl sites for hydroxylation is 2. The Morgan fingerprint density at radius 2 is 2.00 bits per heavy atom. The van der Waals surface area contributed by atoms with E-state index in [-0.39, 0.29) is 16.9 Å². The molecule has 1 unspecified atom stereocenters. The Morgan fingerprint density at radius 3 is 2.70 bits per heavy atom. The highest BCUT2D eigenvalue weighted by molar-refractivity contribution is 7.92. The molecule has 6 nitrogen and oxygen atoms in total. The van der Waals surface area contributed by atoms with Crippen LogP contribution < -0.4 is 10.0 Å². The monoisotopic (exact) mass is 388 g/mol.